The van der Waals surface area contributed by atoms with Crippen LogP contribution in [0.5, 0.6) is 0 Å². The lowest BCUT2D eigenvalue weighted by Gasteiger charge is -2.37. The predicted octanol–water partition coefficient (Wildman–Crippen LogP) is 2.19. The number of nitrogens with zero attached hydrogens (tertiary/aromatic N) is 3. The summed E-state index contributed by atoms with van der Waals surface area (Å²) in [4.78, 5) is 2.44. The second kappa shape index (κ2) is 5.84. The molecule has 112 valence electrons. The van der Waals surface area contributed by atoms with Gasteiger partial charge in [0.05, 0.1) is 18.9 Å². The summed E-state index contributed by atoms with van der Waals surface area (Å²) < 4.78 is 13.6. The largest absolute Gasteiger partial charge is 0.347 e. The van der Waals surface area contributed by atoms with E-state index in [1.807, 2.05) is 0 Å². The Kier molecular flexibility index (Phi) is 4.10. The number of hydrogen-bond acceptors (Lipinski definition) is 4. The van der Waals surface area contributed by atoms with Crippen LogP contribution in [0.3, 0.4) is 0 Å². The number of aromatic nitrogens is 2. The summed E-state index contributed by atoms with van der Waals surface area (Å²) in [5, 5.41) is 4.68. The third-order valence-electron chi connectivity index (χ3n) is 4.52. The van der Waals surface area contributed by atoms with Crippen LogP contribution in [0.4, 0.5) is 0 Å². The summed E-state index contributed by atoms with van der Waals surface area (Å²) >= 11 is 0. The normalized spacial score (nSPS) is 24.3. The predicted molar refractivity (Wildman–Crippen MR) is 76.4 cm³/mol. The first-order valence-corrected chi connectivity index (χ1v) is 7.75. The topological polar surface area (TPSA) is 39.5 Å². The first-order valence-electron chi connectivity index (χ1n) is 7.75. The van der Waals surface area contributed by atoms with Crippen molar-refractivity contribution in [2.75, 3.05) is 26.3 Å². The summed E-state index contributed by atoms with van der Waals surface area (Å²) in [7, 11) is 0. The fourth-order valence-electron chi connectivity index (χ4n) is 2.96. The zero-order chi connectivity index (χ0) is 14.0. The van der Waals surface area contributed by atoms with Crippen molar-refractivity contribution in [2.24, 2.45) is 0 Å². The molecule has 0 radical (unpaired) electrons. The second-order valence-electron chi connectivity index (χ2n) is 5.93. The fraction of sp³-hybridized carbons (Fsp3) is 0.800. The van der Waals surface area contributed by atoms with Crippen molar-refractivity contribution < 1.29 is 9.47 Å². The van der Waals surface area contributed by atoms with Crippen molar-refractivity contribution in [2.45, 2.75) is 51.5 Å². The van der Waals surface area contributed by atoms with Gasteiger partial charge in [0.25, 0.3) is 0 Å². The molecule has 3 rings (SSSR count). The van der Waals surface area contributed by atoms with Gasteiger partial charge in [0.2, 0.25) is 0 Å². The van der Waals surface area contributed by atoms with Gasteiger partial charge in [-0.2, -0.15) is 5.10 Å². The molecule has 0 amide bonds. The van der Waals surface area contributed by atoms with Crippen LogP contribution in [0.1, 0.15) is 44.8 Å². The highest BCUT2D eigenvalue weighted by Gasteiger charge is 2.39. The number of hydrogen-bond donors (Lipinski definition) is 0. The van der Waals surface area contributed by atoms with Crippen LogP contribution in [0.15, 0.2) is 12.3 Å². The highest BCUT2D eigenvalue weighted by molar-refractivity contribution is 5.00. The Morgan fingerprint density at radius 2 is 2.00 bits per heavy atom. The maximum Gasteiger partial charge on any atom is 0.170 e. The number of ether oxygens (including phenoxy) is 2. The van der Waals surface area contributed by atoms with Crippen molar-refractivity contribution in [1.29, 1.82) is 0 Å². The highest BCUT2D eigenvalue weighted by atomic mass is 16.7. The smallest absolute Gasteiger partial charge is 0.170 e. The van der Waals surface area contributed by atoms with Crippen LogP contribution in [0.25, 0.3) is 0 Å². The molecular formula is C15H25N3O2. The zero-order valence-corrected chi connectivity index (χ0v) is 12.5. The molecule has 1 aromatic rings. The van der Waals surface area contributed by atoms with Gasteiger partial charge in [0.15, 0.2) is 5.79 Å². The molecule has 20 heavy (non-hydrogen) atoms. The molecule has 1 atom stereocenters. The average Bonchev–Trinajstić information content (AvgIpc) is 3.11. The van der Waals surface area contributed by atoms with Crippen LogP contribution in [0.2, 0.25) is 0 Å². The summed E-state index contributed by atoms with van der Waals surface area (Å²) in [5.74, 6) is -0.271. The molecule has 2 fully saturated rings. The Balaban J connectivity index is 1.53. The summed E-state index contributed by atoms with van der Waals surface area (Å²) in [6.45, 7) is 8.87. The number of rotatable bonds is 4. The van der Waals surface area contributed by atoms with Gasteiger partial charge in [0, 0.05) is 44.7 Å². The zero-order valence-electron chi connectivity index (χ0n) is 12.5. The third kappa shape index (κ3) is 2.90. The summed E-state index contributed by atoms with van der Waals surface area (Å²) in [6.07, 6.45) is 5.15. The van der Waals surface area contributed by atoms with Gasteiger partial charge in [-0.05, 0) is 19.4 Å². The fourth-order valence-corrected chi connectivity index (χ4v) is 2.96. The van der Waals surface area contributed by atoms with E-state index in [4.69, 9.17) is 9.47 Å². The van der Waals surface area contributed by atoms with Crippen molar-refractivity contribution in [3.05, 3.63) is 18.0 Å². The number of piperidine rings is 1. The minimum Gasteiger partial charge on any atom is -0.347 e. The van der Waals surface area contributed by atoms with E-state index in [2.05, 4.69) is 40.8 Å². The molecule has 3 heterocycles. The minimum atomic E-state index is -0.271. The van der Waals surface area contributed by atoms with Crippen molar-refractivity contribution >= 4 is 0 Å². The van der Waals surface area contributed by atoms with Crippen LogP contribution in [-0.4, -0.2) is 46.8 Å². The van der Waals surface area contributed by atoms with Gasteiger partial charge in [-0.15, -0.1) is 0 Å². The van der Waals surface area contributed by atoms with Gasteiger partial charge in [0.1, 0.15) is 0 Å². The van der Waals surface area contributed by atoms with Gasteiger partial charge >= 0.3 is 0 Å². The van der Waals surface area contributed by atoms with Gasteiger partial charge < -0.3 is 9.47 Å². The van der Waals surface area contributed by atoms with E-state index in [-0.39, 0.29) is 5.79 Å². The Bertz CT molecular complexity index is 430. The van der Waals surface area contributed by atoms with Crippen LogP contribution in [-0.2, 0) is 16.0 Å². The van der Waals surface area contributed by atoms with Crippen molar-refractivity contribution in [3.8, 4) is 0 Å². The summed E-state index contributed by atoms with van der Waals surface area (Å²) in [6, 6.07) is 2.62. The Morgan fingerprint density at radius 3 is 2.65 bits per heavy atom. The lowest BCUT2D eigenvalue weighted by Crippen LogP contribution is -2.44. The monoisotopic (exact) mass is 279 g/mol. The molecule has 0 aliphatic carbocycles. The lowest BCUT2D eigenvalue weighted by molar-refractivity contribution is -0.185. The van der Waals surface area contributed by atoms with Crippen LogP contribution >= 0.6 is 0 Å². The van der Waals surface area contributed by atoms with Crippen molar-refractivity contribution in [3.63, 3.8) is 0 Å². The second-order valence-corrected chi connectivity index (χ2v) is 5.93. The maximum atomic E-state index is 5.76. The number of likely N-dealkylation sites (tertiary alicyclic amines) is 1. The third-order valence-corrected chi connectivity index (χ3v) is 4.52. The molecule has 0 bridgehead atoms. The molecule has 0 aromatic carbocycles. The molecule has 1 spiro atoms. The van der Waals surface area contributed by atoms with E-state index in [1.54, 1.807) is 0 Å². The first-order chi connectivity index (χ1) is 9.71. The van der Waals surface area contributed by atoms with E-state index in [0.717, 1.165) is 57.8 Å². The minimum absolute atomic E-state index is 0.271. The standard InChI is InChI=1S/C15H25N3O2/c1-3-13(2)18-7-4-14(16-18)12-17-8-5-15(6-9-17)19-10-11-20-15/h4,7,13H,3,5-6,8-12H2,1-2H3. The molecule has 0 N–H and O–H groups in total. The average molecular weight is 279 g/mol. The highest BCUT2D eigenvalue weighted by Crippen LogP contribution is 2.31. The Morgan fingerprint density at radius 1 is 1.30 bits per heavy atom. The molecule has 5 nitrogen and oxygen atoms in total. The quantitative estimate of drug-likeness (QED) is 0.847. The maximum absolute atomic E-state index is 5.76. The lowest BCUT2D eigenvalue weighted by atomic mass is 10.0. The van der Waals surface area contributed by atoms with Gasteiger partial charge in [-0.3, -0.25) is 9.58 Å². The van der Waals surface area contributed by atoms with Gasteiger partial charge in [-0.25, -0.2) is 0 Å². The van der Waals surface area contributed by atoms with Crippen LogP contribution in [0, 0.1) is 0 Å². The van der Waals surface area contributed by atoms with E-state index < -0.39 is 0 Å². The molecule has 1 unspecified atom stereocenters. The van der Waals surface area contributed by atoms with Gasteiger partial charge in [-0.1, -0.05) is 6.92 Å². The Labute approximate surface area is 120 Å². The van der Waals surface area contributed by atoms with Crippen LogP contribution < -0.4 is 0 Å². The molecule has 2 saturated heterocycles. The first kappa shape index (κ1) is 14.0. The molecule has 1 aromatic heterocycles. The van der Waals surface area contributed by atoms with E-state index in [1.165, 1.54) is 0 Å². The SMILES string of the molecule is CCC(C)n1ccc(CN2CCC3(CC2)OCCO3)n1. The van der Waals surface area contributed by atoms with E-state index >= 15 is 0 Å². The summed E-state index contributed by atoms with van der Waals surface area (Å²) in [5.41, 5.74) is 1.16. The molecular weight excluding hydrogens is 254 g/mol. The van der Waals surface area contributed by atoms with E-state index in [0.29, 0.717) is 6.04 Å². The molecule has 2 aliphatic heterocycles. The Hall–Kier alpha value is -0.910. The molecule has 0 saturated carbocycles. The van der Waals surface area contributed by atoms with Crippen molar-refractivity contribution in [1.82, 2.24) is 14.7 Å². The molecule has 5 heteroatoms. The van der Waals surface area contributed by atoms with E-state index in [9.17, 15) is 0 Å². The molecule has 2 aliphatic rings.